The number of thiophene rings is 1. The third-order valence-electron chi connectivity index (χ3n) is 3.91. The summed E-state index contributed by atoms with van der Waals surface area (Å²) in [6.45, 7) is 3.96. The predicted molar refractivity (Wildman–Crippen MR) is 79.9 cm³/mol. The molecule has 22 heavy (non-hydrogen) atoms. The van der Waals surface area contributed by atoms with Gasteiger partial charge in [0.15, 0.2) is 0 Å². The van der Waals surface area contributed by atoms with E-state index in [9.17, 15) is 14.4 Å². The molecule has 0 spiro atoms. The van der Waals surface area contributed by atoms with Crippen LogP contribution in [0.1, 0.15) is 40.1 Å². The van der Waals surface area contributed by atoms with Crippen molar-refractivity contribution < 1.29 is 23.9 Å². The molecule has 0 radical (unpaired) electrons. The van der Waals surface area contributed by atoms with E-state index in [4.69, 9.17) is 9.47 Å². The predicted octanol–water partition coefficient (Wildman–Crippen LogP) is 2.19. The minimum atomic E-state index is -0.848. The van der Waals surface area contributed by atoms with Crippen molar-refractivity contribution in [3.05, 3.63) is 16.0 Å². The first-order valence-electron chi connectivity index (χ1n) is 7.26. The zero-order valence-electron chi connectivity index (χ0n) is 12.4. The third kappa shape index (κ3) is 2.85. The molecule has 2 aliphatic rings. The first kappa shape index (κ1) is 15.0. The van der Waals surface area contributed by atoms with Crippen LogP contribution < -0.4 is 5.32 Å². The Morgan fingerprint density at radius 2 is 2.00 bits per heavy atom. The fourth-order valence-corrected chi connectivity index (χ4v) is 3.34. The maximum absolute atomic E-state index is 12.4. The molecule has 1 aromatic rings. The summed E-state index contributed by atoms with van der Waals surface area (Å²) in [5.41, 5.74) is 1.11. The van der Waals surface area contributed by atoms with Crippen LogP contribution in [0, 0.1) is 19.8 Å². The van der Waals surface area contributed by atoms with Crippen LogP contribution in [0.4, 0.5) is 5.00 Å². The zero-order chi connectivity index (χ0) is 15.9. The van der Waals surface area contributed by atoms with Gasteiger partial charge < -0.3 is 14.8 Å². The van der Waals surface area contributed by atoms with E-state index in [-0.39, 0.29) is 18.4 Å². The molecule has 1 saturated heterocycles. The van der Waals surface area contributed by atoms with Gasteiger partial charge in [0.2, 0.25) is 12.0 Å². The maximum atomic E-state index is 12.4. The molecule has 1 saturated carbocycles. The number of hydrogen-bond acceptors (Lipinski definition) is 6. The molecule has 1 N–H and O–H groups in total. The number of carbonyl (C=O) groups excluding carboxylic acids is 3. The van der Waals surface area contributed by atoms with E-state index in [1.54, 1.807) is 0 Å². The quantitative estimate of drug-likeness (QED) is 0.859. The maximum Gasteiger partial charge on any atom is 0.347 e. The van der Waals surface area contributed by atoms with Crippen molar-refractivity contribution >= 4 is 34.2 Å². The molecule has 1 aliphatic carbocycles. The number of amides is 1. The van der Waals surface area contributed by atoms with Crippen LogP contribution in [0.2, 0.25) is 0 Å². The summed E-state index contributed by atoms with van der Waals surface area (Å²) in [4.78, 5) is 36.7. The number of ether oxygens (including phenoxy) is 2. The summed E-state index contributed by atoms with van der Waals surface area (Å²) < 4.78 is 10.0. The van der Waals surface area contributed by atoms with Crippen molar-refractivity contribution in [2.75, 3.05) is 11.9 Å². The normalized spacial score (nSPS) is 20.6. The Labute approximate surface area is 131 Å². The van der Waals surface area contributed by atoms with Crippen molar-refractivity contribution in [1.29, 1.82) is 0 Å². The molecular weight excluding hydrogens is 306 g/mol. The lowest BCUT2D eigenvalue weighted by Crippen LogP contribution is -2.24. The smallest absolute Gasteiger partial charge is 0.347 e. The number of esters is 2. The molecule has 118 valence electrons. The van der Waals surface area contributed by atoms with Gasteiger partial charge in [0, 0.05) is 17.2 Å². The van der Waals surface area contributed by atoms with E-state index in [0.717, 1.165) is 23.3 Å². The van der Waals surface area contributed by atoms with Crippen LogP contribution in [0.15, 0.2) is 0 Å². The molecule has 0 aromatic carbocycles. The Morgan fingerprint density at radius 3 is 2.59 bits per heavy atom. The van der Waals surface area contributed by atoms with Crippen LogP contribution in [-0.4, -0.2) is 30.6 Å². The fourth-order valence-electron chi connectivity index (χ4n) is 2.29. The highest BCUT2D eigenvalue weighted by molar-refractivity contribution is 7.16. The number of cyclic esters (lactones) is 1. The molecule has 1 atom stereocenters. The average Bonchev–Trinajstić information content (AvgIpc) is 3.18. The van der Waals surface area contributed by atoms with Crippen LogP contribution in [0.5, 0.6) is 0 Å². The van der Waals surface area contributed by atoms with Crippen molar-refractivity contribution in [1.82, 2.24) is 0 Å². The zero-order valence-corrected chi connectivity index (χ0v) is 13.2. The van der Waals surface area contributed by atoms with Gasteiger partial charge in [-0.25, -0.2) is 9.59 Å². The van der Waals surface area contributed by atoms with E-state index >= 15 is 0 Å². The highest BCUT2D eigenvalue weighted by Crippen LogP contribution is 2.36. The summed E-state index contributed by atoms with van der Waals surface area (Å²) in [6.07, 6.45) is 1.31. The second-order valence-corrected chi connectivity index (χ2v) is 6.83. The molecule has 3 rings (SSSR count). The van der Waals surface area contributed by atoms with Crippen molar-refractivity contribution in [3.63, 3.8) is 0 Å². The number of aryl methyl sites for hydroxylation is 1. The summed E-state index contributed by atoms with van der Waals surface area (Å²) >= 11 is 1.35. The summed E-state index contributed by atoms with van der Waals surface area (Å²) in [6, 6.07) is 0. The molecule has 2 fully saturated rings. The number of carbonyl (C=O) groups is 3. The van der Waals surface area contributed by atoms with Gasteiger partial charge in [-0.15, -0.1) is 11.3 Å². The van der Waals surface area contributed by atoms with Crippen LogP contribution in [0.25, 0.3) is 0 Å². The van der Waals surface area contributed by atoms with E-state index in [0.29, 0.717) is 17.0 Å². The Balaban J connectivity index is 1.79. The molecule has 7 heteroatoms. The average molecular weight is 323 g/mol. The molecule has 2 heterocycles. The van der Waals surface area contributed by atoms with Gasteiger partial charge in [0.1, 0.15) is 5.00 Å². The number of hydrogen-bond donors (Lipinski definition) is 1. The molecule has 0 bridgehead atoms. The Bertz CT molecular complexity index is 647. The van der Waals surface area contributed by atoms with Crippen molar-refractivity contribution in [2.45, 2.75) is 39.2 Å². The Hall–Kier alpha value is -1.89. The summed E-state index contributed by atoms with van der Waals surface area (Å²) in [5, 5.41) is 3.32. The molecular formula is C15H17NO5S. The SMILES string of the molecule is Cc1sc(NC(=O)C2CC2)c(C(=O)O[C@H]2CCOC2=O)c1C. The highest BCUT2D eigenvalue weighted by atomic mass is 32.1. The van der Waals surface area contributed by atoms with Gasteiger partial charge in [0.05, 0.1) is 12.2 Å². The van der Waals surface area contributed by atoms with Crippen molar-refractivity contribution in [2.24, 2.45) is 5.92 Å². The minimum Gasteiger partial charge on any atom is -0.463 e. The van der Waals surface area contributed by atoms with Gasteiger partial charge in [0.25, 0.3) is 0 Å². The standard InChI is InChI=1S/C15H17NO5S/c1-7-8(2)22-13(16-12(17)9-3-4-9)11(7)15(19)21-10-5-6-20-14(10)18/h9-10H,3-6H2,1-2H3,(H,16,17)/t10-/m0/s1. The lowest BCUT2D eigenvalue weighted by atomic mass is 10.1. The monoisotopic (exact) mass is 323 g/mol. The van der Waals surface area contributed by atoms with Gasteiger partial charge in [-0.3, -0.25) is 4.79 Å². The van der Waals surface area contributed by atoms with E-state index in [2.05, 4.69) is 5.32 Å². The van der Waals surface area contributed by atoms with Gasteiger partial charge in [-0.05, 0) is 32.3 Å². The Morgan fingerprint density at radius 1 is 1.27 bits per heavy atom. The lowest BCUT2D eigenvalue weighted by Gasteiger charge is -2.10. The highest BCUT2D eigenvalue weighted by Gasteiger charge is 2.34. The molecule has 1 aliphatic heterocycles. The lowest BCUT2D eigenvalue weighted by molar-refractivity contribution is -0.145. The van der Waals surface area contributed by atoms with Gasteiger partial charge >= 0.3 is 11.9 Å². The minimum absolute atomic E-state index is 0.0522. The summed E-state index contributed by atoms with van der Waals surface area (Å²) in [5.74, 6) is -1.11. The molecule has 6 nitrogen and oxygen atoms in total. The van der Waals surface area contributed by atoms with Crippen LogP contribution in [-0.2, 0) is 19.1 Å². The molecule has 1 aromatic heterocycles. The van der Waals surface area contributed by atoms with Crippen LogP contribution in [0.3, 0.4) is 0 Å². The Kier molecular flexibility index (Phi) is 3.90. The van der Waals surface area contributed by atoms with Gasteiger partial charge in [-0.2, -0.15) is 0 Å². The third-order valence-corrected chi connectivity index (χ3v) is 5.03. The fraction of sp³-hybridized carbons (Fsp3) is 0.533. The second-order valence-electron chi connectivity index (χ2n) is 5.60. The number of nitrogens with one attached hydrogen (secondary N) is 1. The molecule has 0 unspecified atom stereocenters. The molecule has 1 amide bonds. The van der Waals surface area contributed by atoms with Gasteiger partial charge in [-0.1, -0.05) is 0 Å². The first-order valence-corrected chi connectivity index (χ1v) is 8.07. The van der Waals surface area contributed by atoms with Crippen molar-refractivity contribution in [3.8, 4) is 0 Å². The van der Waals surface area contributed by atoms with E-state index in [1.807, 2.05) is 13.8 Å². The van der Waals surface area contributed by atoms with Crippen LogP contribution >= 0.6 is 11.3 Å². The van der Waals surface area contributed by atoms with E-state index in [1.165, 1.54) is 11.3 Å². The summed E-state index contributed by atoms with van der Waals surface area (Å²) in [7, 11) is 0. The topological polar surface area (TPSA) is 81.7 Å². The van der Waals surface area contributed by atoms with E-state index < -0.39 is 18.0 Å². The first-order chi connectivity index (χ1) is 10.5. The number of anilines is 1. The number of rotatable bonds is 4. The second kappa shape index (κ2) is 5.72. The largest absolute Gasteiger partial charge is 0.463 e.